The Morgan fingerprint density at radius 3 is 2.67 bits per heavy atom. The normalized spacial score (nSPS) is 10.4. The third kappa shape index (κ3) is 2.67. The van der Waals surface area contributed by atoms with Gasteiger partial charge in [-0.15, -0.1) is 0 Å². The lowest BCUT2D eigenvalue weighted by Crippen LogP contribution is -2.09. The van der Waals surface area contributed by atoms with Gasteiger partial charge >= 0.3 is 4.87 Å². The lowest BCUT2D eigenvalue weighted by atomic mass is 10.3. The van der Waals surface area contributed by atoms with Gasteiger partial charge in [0.25, 0.3) is 0 Å². The van der Waals surface area contributed by atoms with E-state index in [2.05, 4.69) is 25.6 Å². The summed E-state index contributed by atoms with van der Waals surface area (Å²) >= 11 is 1.16. The number of aryl methyl sites for hydroxylation is 1. The number of H-pyrrole nitrogens is 1. The molecule has 6 nitrogen and oxygen atoms in total. The summed E-state index contributed by atoms with van der Waals surface area (Å²) in [6, 6.07) is 0. The molecule has 0 amide bonds. The van der Waals surface area contributed by atoms with Gasteiger partial charge in [-0.25, -0.2) is 9.97 Å². The minimum absolute atomic E-state index is 0.0432. The van der Waals surface area contributed by atoms with Gasteiger partial charge in [0.1, 0.15) is 17.5 Å². The summed E-state index contributed by atoms with van der Waals surface area (Å²) in [5, 5.41) is 8.04. The zero-order valence-electron chi connectivity index (χ0n) is 10.5. The average Bonchev–Trinajstić information content (AvgIpc) is 2.75. The maximum absolute atomic E-state index is 11.0. The van der Waals surface area contributed by atoms with Crippen molar-refractivity contribution in [3.05, 3.63) is 32.1 Å². The summed E-state index contributed by atoms with van der Waals surface area (Å²) in [5.41, 5.74) is 1.81. The van der Waals surface area contributed by atoms with Crippen LogP contribution in [0, 0.1) is 13.8 Å². The fourth-order valence-corrected chi connectivity index (χ4v) is 2.21. The molecule has 0 spiro atoms. The fraction of sp³-hybridized carbons (Fsp3) is 0.364. The molecule has 2 heterocycles. The van der Waals surface area contributed by atoms with E-state index in [0.29, 0.717) is 12.4 Å². The lowest BCUT2D eigenvalue weighted by molar-refractivity contribution is 0.986. The fourth-order valence-electron chi connectivity index (χ4n) is 1.62. The third-order valence-electron chi connectivity index (χ3n) is 2.51. The second-order valence-corrected chi connectivity index (χ2v) is 4.71. The van der Waals surface area contributed by atoms with Crippen LogP contribution in [0.5, 0.6) is 0 Å². The van der Waals surface area contributed by atoms with Gasteiger partial charge in [0, 0.05) is 23.7 Å². The second kappa shape index (κ2) is 5.18. The van der Waals surface area contributed by atoms with Crippen LogP contribution >= 0.6 is 11.3 Å². The minimum atomic E-state index is -0.0432. The van der Waals surface area contributed by atoms with Crippen LogP contribution in [0.25, 0.3) is 0 Å². The van der Waals surface area contributed by atoms with Crippen LogP contribution in [0.4, 0.5) is 11.6 Å². The van der Waals surface area contributed by atoms with Crippen molar-refractivity contribution in [1.29, 1.82) is 0 Å². The summed E-state index contributed by atoms with van der Waals surface area (Å²) in [6.45, 7) is 4.33. The highest BCUT2D eigenvalue weighted by molar-refractivity contribution is 7.07. The number of anilines is 2. The largest absolute Gasteiger partial charge is 0.373 e. The SMILES string of the molecule is CNc1nc(C)nc(NCc2csc(=O)[nH]2)c1C. The Kier molecular flexibility index (Phi) is 3.61. The van der Waals surface area contributed by atoms with Crippen LogP contribution in [0.2, 0.25) is 0 Å². The summed E-state index contributed by atoms with van der Waals surface area (Å²) in [7, 11) is 1.83. The first kappa shape index (κ1) is 12.6. The van der Waals surface area contributed by atoms with Crippen molar-refractivity contribution >= 4 is 23.0 Å². The molecule has 96 valence electrons. The van der Waals surface area contributed by atoms with Gasteiger partial charge < -0.3 is 15.6 Å². The molecule has 0 saturated heterocycles. The van der Waals surface area contributed by atoms with Gasteiger partial charge in [0.15, 0.2) is 0 Å². The number of nitrogens with zero attached hydrogens (tertiary/aromatic N) is 2. The predicted molar refractivity (Wildman–Crippen MR) is 73.3 cm³/mol. The van der Waals surface area contributed by atoms with Crippen LogP contribution in [-0.4, -0.2) is 22.0 Å². The first-order valence-electron chi connectivity index (χ1n) is 5.53. The van der Waals surface area contributed by atoms with Crippen LogP contribution in [0.15, 0.2) is 10.2 Å². The maximum Gasteiger partial charge on any atom is 0.304 e. The first-order valence-corrected chi connectivity index (χ1v) is 6.41. The highest BCUT2D eigenvalue weighted by Gasteiger charge is 2.08. The van der Waals surface area contributed by atoms with Gasteiger partial charge in [-0.2, -0.15) is 0 Å². The van der Waals surface area contributed by atoms with Crippen molar-refractivity contribution in [2.45, 2.75) is 20.4 Å². The molecule has 3 N–H and O–H groups in total. The molecule has 0 radical (unpaired) electrons. The van der Waals surface area contributed by atoms with E-state index in [4.69, 9.17) is 0 Å². The van der Waals surface area contributed by atoms with Crippen molar-refractivity contribution in [2.24, 2.45) is 0 Å². The maximum atomic E-state index is 11.0. The monoisotopic (exact) mass is 265 g/mol. The van der Waals surface area contributed by atoms with Crippen molar-refractivity contribution in [2.75, 3.05) is 17.7 Å². The smallest absolute Gasteiger partial charge is 0.304 e. The molecule has 7 heteroatoms. The Balaban J connectivity index is 2.18. The zero-order valence-corrected chi connectivity index (χ0v) is 11.3. The lowest BCUT2D eigenvalue weighted by Gasteiger charge is -2.11. The van der Waals surface area contributed by atoms with E-state index in [-0.39, 0.29) is 4.87 Å². The first-order chi connectivity index (χ1) is 8.60. The van der Waals surface area contributed by atoms with E-state index in [1.807, 2.05) is 20.9 Å². The van der Waals surface area contributed by atoms with Gasteiger partial charge in [0.2, 0.25) is 0 Å². The molecule has 0 atom stereocenters. The van der Waals surface area contributed by atoms with Crippen molar-refractivity contribution in [3.63, 3.8) is 0 Å². The Hall–Kier alpha value is -1.89. The van der Waals surface area contributed by atoms with Gasteiger partial charge in [0.05, 0.1) is 6.54 Å². The molecular formula is C11H15N5OS. The van der Waals surface area contributed by atoms with Crippen LogP contribution in [-0.2, 0) is 6.54 Å². The third-order valence-corrected chi connectivity index (χ3v) is 3.23. The van der Waals surface area contributed by atoms with Crippen molar-refractivity contribution in [1.82, 2.24) is 15.0 Å². The standard InChI is InChI=1S/C11H15N5OS/c1-6-9(12-3)14-7(2)15-10(6)13-4-8-5-18-11(17)16-8/h5H,4H2,1-3H3,(H,16,17)(H2,12,13,14,15). The Morgan fingerprint density at radius 1 is 1.33 bits per heavy atom. The van der Waals surface area contributed by atoms with E-state index >= 15 is 0 Å². The molecule has 0 aromatic carbocycles. The van der Waals surface area contributed by atoms with Gasteiger partial charge in [-0.3, -0.25) is 4.79 Å². The highest BCUT2D eigenvalue weighted by atomic mass is 32.1. The Morgan fingerprint density at radius 2 is 2.06 bits per heavy atom. The van der Waals surface area contributed by atoms with E-state index in [1.165, 1.54) is 0 Å². The second-order valence-electron chi connectivity index (χ2n) is 3.87. The molecule has 0 aliphatic heterocycles. The molecule has 0 fully saturated rings. The molecule has 0 saturated carbocycles. The molecule has 18 heavy (non-hydrogen) atoms. The molecule has 2 aromatic rings. The molecule has 0 bridgehead atoms. The van der Waals surface area contributed by atoms with Gasteiger partial charge in [-0.05, 0) is 13.8 Å². The quantitative estimate of drug-likeness (QED) is 0.780. The van der Waals surface area contributed by atoms with Crippen LogP contribution in [0.1, 0.15) is 17.1 Å². The van der Waals surface area contributed by atoms with Gasteiger partial charge in [-0.1, -0.05) is 11.3 Å². The summed E-state index contributed by atoms with van der Waals surface area (Å²) < 4.78 is 0. The van der Waals surface area contributed by atoms with E-state index in [1.54, 1.807) is 5.38 Å². The minimum Gasteiger partial charge on any atom is -0.373 e. The number of nitrogens with one attached hydrogen (secondary N) is 3. The highest BCUT2D eigenvalue weighted by Crippen LogP contribution is 2.19. The van der Waals surface area contributed by atoms with Crippen LogP contribution < -0.4 is 15.5 Å². The number of rotatable bonds is 4. The Bertz CT molecular complexity index is 604. The van der Waals surface area contributed by atoms with Crippen LogP contribution in [0.3, 0.4) is 0 Å². The predicted octanol–water partition coefficient (Wildman–Crippen LogP) is 1.50. The number of aromatic amines is 1. The summed E-state index contributed by atoms with van der Waals surface area (Å²) in [5.74, 6) is 2.29. The molecule has 0 unspecified atom stereocenters. The van der Waals surface area contributed by atoms with Crippen molar-refractivity contribution in [3.8, 4) is 0 Å². The molecule has 0 aliphatic carbocycles. The number of aromatic nitrogens is 3. The summed E-state index contributed by atoms with van der Waals surface area (Å²) in [4.78, 5) is 22.4. The average molecular weight is 265 g/mol. The van der Waals surface area contributed by atoms with Crippen molar-refractivity contribution < 1.29 is 0 Å². The molecular weight excluding hydrogens is 250 g/mol. The number of hydrogen-bond donors (Lipinski definition) is 3. The van der Waals surface area contributed by atoms with E-state index < -0.39 is 0 Å². The van der Waals surface area contributed by atoms with E-state index in [9.17, 15) is 4.79 Å². The molecule has 2 aromatic heterocycles. The number of thiazole rings is 1. The zero-order chi connectivity index (χ0) is 13.1. The summed E-state index contributed by atoms with van der Waals surface area (Å²) in [6.07, 6.45) is 0. The van der Waals surface area contributed by atoms with E-state index in [0.717, 1.165) is 34.2 Å². The Labute approximate surface area is 109 Å². The molecule has 0 aliphatic rings. The number of hydrogen-bond acceptors (Lipinski definition) is 6. The molecule has 2 rings (SSSR count). The topological polar surface area (TPSA) is 82.7 Å².